The number of nitrogens with one attached hydrogen (secondary N) is 5. The Balaban J connectivity index is 1.13. The third-order valence-electron chi connectivity index (χ3n) is 21.1. The minimum atomic E-state index is -2.46. The number of fused-ring (bicyclic) bond motifs is 6. The second kappa shape index (κ2) is 32.9. The normalized spacial score (nSPS) is 20.8. The molecule has 4 aromatic carbocycles. The average Bonchev–Trinajstić information content (AvgIpc) is 1.62. The van der Waals surface area contributed by atoms with Gasteiger partial charge < -0.3 is 60.3 Å². The van der Waals surface area contributed by atoms with Crippen LogP contribution in [0.2, 0.25) is 36.3 Å². The predicted octanol–water partition coefficient (Wildman–Crippen LogP) is 9.67. The number of hydrogen-bond donors (Lipinski definition) is 7. The molecule has 8 N–H and O–H groups in total. The average molecular weight is 1410 g/mol. The molecule has 536 valence electrons. The molecule has 1 aliphatic carbocycles. The lowest BCUT2D eigenvalue weighted by molar-refractivity contribution is -0.155. The number of carbonyl (C=O) groups is 9. The largest absolute Gasteiger partial charge is 0.489 e. The molecular formula is C75H103N7O14SSi2. The first-order valence-corrected chi connectivity index (χ1v) is 41.4. The first-order valence-electron chi connectivity index (χ1n) is 34.6. The molecule has 6 amide bonds. The van der Waals surface area contributed by atoms with Gasteiger partial charge in [-0.1, -0.05) is 155 Å². The molecule has 5 aromatic rings. The number of β-amino-alcohol motifs (C(OH)–C–C–N with tert-alkyl or cyclic N) is 1. The third-order valence-corrected chi connectivity index (χ3v) is 31.3. The van der Waals surface area contributed by atoms with Crippen LogP contribution < -0.4 is 31.7 Å². The zero-order valence-corrected chi connectivity index (χ0v) is 62.8. The van der Waals surface area contributed by atoms with Crippen molar-refractivity contribution in [2.75, 3.05) is 38.6 Å². The van der Waals surface area contributed by atoms with Gasteiger partial charge in [-0.3, -0.25) is 38.4 Å². The third kappa shape index (κ3) is 19.3. The monoisotopic (exact) mass is 1410 g/mol. The Labute approximate surface area is 588 Å². The molecule has 21 nitrogen and oxygen atoms in total. The molecule has 0 radical (unpaired) electrons. The van der Waals surface area contributed by atoms with Gasteiger partial charge in [0.05, 0.1) is 54.4 Å². The van der Waals surface area contributed by atoms with Gasteiger partial charge in [0.25, 0.3) is 0 Å². The smallest absolute Gasteiger partial charge is 0.328 e. The Hall–Kier alpha value is -7.49. The molecule has 99 heavy (non-hydrogen) atoms. The van der Waals surface area contributed by atoms with Gasteiger partial charge in [-0.05, 0) is 100 Å². The maximum Gasteiger partial charge on any atom is 0.328 e. The number of esters is 1. The van der Waals surface area contributed by atoms with E-state index < -0.39 is 144 Å². The molecule has 1 fully saturated rings. The van der Waals surface area contributed by atoms with Crippen molar-refractivity contribution >= 4 is 92.3 Å². The number of nitrogens with two attached hydrogens (primary N) is 1. The van der Waals surface area contributed by atoms with Gasteiger partial charge in [-0.15, -0.1) is 11.8 Å². The maximum atomic E-state index is 15.2. The Morgan fingerprint density at radius 1 is 0.768 bits per heavy atom. The molecule has 2 aliphatic heterocycles. The molecule has 10 atom stereocenters. The van der Waals surface area contributed by atoms with Crippen LogP contribution in [-0.4, -0.2) is 154 Å². The van der Waals surface area contributed by atoms with E-state index in [1.165, 1.54) is 0 Å². The fourth-order valence-corrected chi connectivity index (χ4v) is 16.1. The molecule has 3 heterocycles. The number of aliphatic hydroxyl groups excluding tert-OH is 1. The van der Waals surface area contributed by atoms with E-state index in [0.717, 1.165) is 44.5 Å². The maximum absolute atomic E-state index is 15.2. The highest BCUT2D eigenvalue weighted by atomic mass is 32.2. The number of thioether (sulfide) groups is 1. The van der Waals surface area contributed by atoms with E-state index in [1.807, 2.05) is 106 Å². The van der Waals surface area contributed by atoms with Crippen molar-refractivity contribution in [3.8, 4) is 16.9 Å². The summed E-state index contributed by atoms with van der Waals surface area (Å²) < 4.78 is 26.3. The first kappa shape index (κ1) is 77.3. The van der Waals surface area contributed by atoms with Crippen LogP contribution in [0.5, 0.6) is 5.75 Å². The van der Waals surface area contributed by atoms with Gasteiger partial charge in [-0.25, -0.2) is 4.79 Å². The number of primary amides is 1. The standard InChI is InChI=1S/C75H103N7O14SSi2/c1-15-44(2)68-70(90)78-37-66(87)79-60(63(85)33-49(34-65(76)86)72(91)82-39-50(83)35-61(82)73(92)94-41-58-54-27-21-19-25-52(54)53-26-20-22-28-55(53)58)43-97-71-57(56-30-29-51(36-59(56)80-71)93-40-47-23-17-16-18-24-47)31-48(69(89)77-38-67(88)81-68)32-62(84)45(3)46(4)64(96-99(13,14)75(8,9)10)42-95-98(11,12)74(5,6)7/h16-30,36,44-46,48-50,58,60-61,64,68,80,83H,15,31-35,37-43H2,1-14H3,(H2,76,86)(H,77,89)(H,78,90)(H,79,87)(H,81,88)/t44-,45-,46+,48+,49-,50+,60-,61-,64-,68-/m0/s1. The van der Waals surface area contributed by atoms with Crippen molar-refractivity contribution in [3.63, 3.8) is 0 Å². The Morgan fingerprint density at radius 3 is 1.99 bits per heavy atom. The lowest BCUT2D eigenvalue weighted by atomic mass is 9.82. The second-order valence-electron chi connectivity index (χ2n) is 30.2. The Morgan fingerprint density at radius 2 is 1.37 bits per heavy atom. The number of ketones is 2. The van der Waals surface area contributed by atoms with Gasteiger partial charge in [0, 0.05) is 67.2 Å². The molecule has 0 saturated carbocycles. The SMILES string of the molecule is CC[C@H](C)[C@@H]1NC(=O)CNC(=O)[C@@H](CC(=O)[C@@H](C)[C@@H](C)[C@H](CO[Si](C)(C)C(C)(C)C)O[Si](C)(C)C(C)(C)C)Cc2c([nH]c3cc(OCc4ccccc4)ccc23)SC[C@@H](C(=O)C[C@@H](CC(N)=O)C(=O)N2C[C@H](O)C[C@H]2C(=O)OCC2c3ccccc3-c3ccccc32)NC(=O)CNC1=O. The predicted molar refractivity (Wildman–Crippen MR) is 387 cm³/mol. The number of likely N-dealkylation sites (tertiary alicyclic amines) is 1. The fourth-order valence-electron chi connectivity index (χ4n) is 12.5. The molecule has 0 spiro atoms. The summed E-state index contributed by atoms with van der Waals surface area (Å²) in [7, 11) is -4.77. The summed E-state index contributed by atoms with van der Waals surface area (Å²) in [5.41, 5.74) is 11.8. The van der Waals surface area contributed by atoms with Gasteiger partial charge in [-0.2, -0.15) is 0 Å². The quantitative estimate of drug-likeness (QED) is 0.0223. The number of carbonyl (C=O) groups excluding carboxylic acids is 9. The summed E-state index contributed by atoms with van der Waals surface area (Å²) >= 11 is 1.11. The van der Waals surface area contributed by atoms with E-state index in [2.05, 4.69) is 94.0 Å². The number of nitrogens with zero attached hydrogens (tertiary/aromatic N) is 1. The number of aromatic nitrogens is 1. The lowest BCUT2D eigenvalue weighted by Crippen LogP contribution is -2.55. The van der Waals surface area contributed by atoms with Crippen LogP contribution in [0.4, 0.5) is 0 Å². The number of amides is 6. The summed E-state index contributed by atoms with van der Waals surface area (Å²) in [5, 5.41) is 22.8. The summed E-state index contributed by atoms with van der Waals surface area (Å²) in [6.45, 7) is 28.0. The number of benzene rings is 4. The number of H-pyrrole nitrogens is 1. The minimum absolute atomic E-state index is 0.0645. The number of ether oxygens (including phenoxy) is 2. The van der Waals surface area contributed by atoms with Crippen LogP contribution in [0.25, 0.3) is 22.0 Å². The van der Waals surface area contributed by atoms with Crippen molar-refractivity contribution in [2.45, 2.75) is 192 Å². The highest BCUT2D eigenvalue weighted by Gasteiger charge is 2.46. The van der Waals surface area contributed by atoms with E-state index in [4.69, 9.17) is 24.1 Å². The van der Waals surface area contributed by atoms with E-state index in [0.29, 0.717) is 33.7 Å². The minimum Gasteiger partial charge on any atom is -0.489 e. The molecule has 1 saturated heterocycles. The zero-order chi connectivity index (χ0) is 72.5. The highest BCUT2D eigenvalue weighted by molar-refractivity contribution is 7.99. The highest BCUT2D eigenvalue weighted by Crippen LogP contribution is 2.46. The van der Waals surface area contributed by atoms with Crippen molar-refractivity contribution in [1.82, 2.24) is 31.2 Å². The topological polar surface area (TPSA) is 304 Å². The Bertz CT molecular complexity index is 3710. The van der Waals surface area contributed by atoms with Gasteiger partial charge in [0.15, 0.2) is 22.4 Å². The fraction of sp³-hybridized carbons (Fsp3) is 0.533. The van der Waals surface area contributed by atoms with Crippen molar-refractivity contribution in [3.05, 3.63) is 119 Å². The molecule has 3 aliphatic rings. The molecule has 0 unspecified atom stereocenters. The zero-order valence-electron chi connectivity index (χ0n) is 60.0. The summed E-state index contributed by atoms with van der Waals surface area (Å²) in [4.78, 5) is 134. The van der Waals surface area contributed by atoms with Gasteiger partial charge in [0.1, 0.15) is 36.8 Å². The summed E-state index contributed by atoms with van der Waals surface area (Å²) in [6, 6.07) is 26.8. The number of hydrogen-bond acceptors (Lipinski definition) is 15. The molecule has 24 heteroatoms. The van der Waals surface area contributed by atoms with E-state index >= 15 is 14.4 Å². The number of aliphatic hydroxyl groups is 1. The Kier molecular flexibility index (Phi) is 25.7. The van der Waals surface area contributed by atoms with Crippen LogP contribution in [0.3, 0.4) is 0 Å². The van der Waals surface area contributed by atoms with Crippen LogP contribution in [0.15, 0.2) is 102 Å². The molecule has 8 rings (SSSR count). The summed E-state index contributed by atoms with van der Waals surface area (Å²) in [6.07, 6.45) is -3.04. The number of rotatable bonds is 24. The summed E-state index contributed by atoms with van der Waals surface area (Å²) in [5.74, 6) is -10.4. The van der Waals surface area contributed by atoms with Crippen molar-refractivity contribution in [2.24, 2.45) is 35.3 Å². The van der Waals surface area contributed by atoms with E-state index in [1.54, 1.807) is 19.1 Å². The van der Waals surface area contributed by atoms with Crippen LogP contribution in [-0.2, 0) is 69.8 Å². The molecule has 0 bridgehead atoms. The lowest BCUT2D eigenvalue weighted by Gasteiger charge is -2.44. The molecular weight excluding hydrogens is 1310 g/mol. The van der Waals surface area contributed by atoms with E-state index in [9.17, 15) is 33.9 Å². The van der Waals surface area contributed by atoms with Gasteiger partial charge >= 0.3 is 5.97 Å². The second-order valence-corrected chi connectivity index (χ2v) is 40.8. The molecule has 1 aromatic heterocycles. The van der Waals surface area contributed by atoms with Crippen LogP contribution in [0, 0.1) is 29.6 Å². The first-order chi connectivity index (χ1) is 46.6. The number of aromatic amines is 1. The van der Waals surface area contributed by atoms with Crippen molar-refractivity contribution < 1.29 is 66.6 Å². The van der Waals surface area contributed by atoms with Crippen LogP contribution in [0.1, 0.15) is 130 Å². The van der Waals surface area contributed by atoms with Crippen molar-refractivity contribution in [1.29, 1.82) is 0 Å². The number of Topliss-reactive ketones (excluding diaryl/α,β-unsaturated/α-hetero) is 2. The van der Waals surface area contributed by atoms with Crippen LogP contribution >= 0.6 is 11.8 Å². The van der Waals surface area contributed by atoms with E-state index in [-0.39, 0.29) is 79.1 Å². The van der Waals surface area contributed by atoms with Gasteiger partial charge in [0.2, 0.25) is 35.4 Å².